The van der Waals surface area contributed by atoms with Gasteiger partial charge in [0.2, 0.25) is 0 Å². The molecule has 0 unspecified atom stereocenters. The lowest BCUT2D eigenvalue weighted by Crippen LogP contribution is -2.04. The van der Waals surface area contributed by atoms with Gasteiger partial charge in [-0.05, 0) is 24.6 Å². The van der Waals surface area contributed by atoms with E-state index in [1.807, 2.05) is 19.1 Å². The van der Waals surface area contributed by atoms with Crippen molar-refractivity contribution in [2.24, 2.45) is 5.73 Å². The summed E-state index contributed by atoms with van der Waals surface area (Å²) < 4.78 is 4.69. The number of hydrogen-bond acceptors (Lipinski definition) is 3. The Hall–Kier alpha value is -1.79. The van der Waals surface area contributed by atoms with Gasteiger partial charge in [-0.1, -0.05) is 17.9 Å². The molecule has 0 amide bonds. The topological polar surface area (TPSA) is 52.3 Å². The van der Waals surface area contributed by atoms with E-state index in [9.17, 15) is 4.79 Å². The van der Waals surface area contributed by atoms with Crippen LogP contribution in [0.1, 0.15) is 27.9 Å². The zero-order chi connectivity index (χ0) is 12.0. The monoisotopic (exact) mass is 217 g/mol. The molecule has 0 aliphatic carbocycles. The summed E-state index contributed by atoms with van der Waals surface area (Å²) >= 11 is 0. The Morgan fingerprint density at radius 3 is 2.88 bits per heavy atom. The second-order valence-corrected chi connectivity index (χ2v) is 3.36. The minimum Gasteiger partial charge on any atom is -0.465 e. The van der Waals surface area contributed by atoms with E-state index in [-0.39, 0.29) is 5.97 Å². The van der Waals surface area contributed by atoms with Gasteiger partial charge >= 0.3 is 5.97 Å². The molecular weight excluding hydrogens is 202 g/mol. The number of aryl methyl sites for hydroxylation is 1. The van der Waals surface area contributed by atoms with Gasteiger partial charge in [-0.15, -0.1) is 0 Å². The molecule has 2 N–H and O–H groups in total. The fourth-order valence-corrected chi connectivity index (χ4v) is 1.27. The summed E-state index contributed by atoms with van der Waals surface area (Å²) in [6.07, 6.45) is 0.654. The molecule has 16 heavy (non-hydrogen) atoms. The number of hydrogen-bond donors (Lipinski definition) is 1. The third-order valence-electron chi connectivity index (χ3n) is 2.14. The average Bonchev–Trinajstić information content (AvgIpc) is 2.30. The highest BCUT2D eigenvalue weighted by Crippen LogP contribution is 2.11. The lowest BCUT2D eigenvalue weighted by atomic mass is 10.1. The summed E-state index contributed by atoms with van der Waals surface area (Å²) in [5.41, 5.74) is 7.59. The van der Waals surface area contributed by atoms with Crippen LogP contribution >= 0.6 is 0 Å². The molecule has 0 heterocycles. The Labute approximate surface area is 95.6 Å². The predicted octanol–water partition coefficient (Wildman–Crippen LogP) is 1.48. The van der Waals surface area contributed by atoms with Gasteiger partial charge in [-0.3, -0.25) is 0 Å². The van der Waals surface area contributed by atoms with Crippen molar-refractivity contribution in [2.75, 3.05) is 13.7 Å². The van der Waals surface area contributed by atoms with Crippen LogP contribution in [0, 0.1) is 18.8 Å². The van der Waals surface area contributed by atoms with E-state index < -0.39 is 0 Å². The molecule has 0 bridgehead atoms. The van der Waals surface area contributed by atoms with E-state index in [0.717, 1.165) is 11.1 Å². The molecule has 0 spiro atoms. The molecule has 1 rings (SSSR count). The van der Waals surface area contributed by atoms with E-state index in [2.05, 4.69) is 11.8 Å². The maximum atomic E-state index is 11.4. The van der Waals surface area contributed by atoms with Crippen molar-refractivity contribution in [1.29, 1.82) is 0 Å². The van der Waals surface area contributed by atoms with Crippen LogP contribution in [0.3, 0.4) is 0 Å². The van der Waals surface area contributed by atoms with Crippen molar-refractivity contribution in [1.82, 2.24) is 0 Å². The Kier molecular flexibility index (Phi) is 4.56. The zero-order valence-corrected chi connectivity index (χ0v) is 9.54. The van der Waals surface area contributed by atoms with Gasteiger partial charge in [-0.25, -0.2) is 4.79 Å². The highest BCUT2D eigenvalue weighted by atomic mass is 16.5. The lowest BCUT2D eigenvalue weighted by Gasteiger charge is -2.03. The number of carbonyl (C=O) groups is 1. The molecule has 0 aliphatic heterocycles. The molecule has 0 atom stereocenters. The average molecular weight is 217 g/mol. The second-order valence-electron chi connectivity index (χ2n) is 3.36. The number of rotatable bonds is 2. The standard InChI is InChI=1S/C13H15NO2/c1-10-6-7-11(5-3-4-8-14)9-12(10)13(15)16-2/h6-7,9H,4,8,14H2,1-2H3. The maximum Gasteiger partial charge on any atom is 0.338 e. The Morgan fingerprint density at radius 2 is 2.25 bits per heavy atom. The van der Waals surface area contributed by atoms with Gasteiger partial charge in [0.25, 0.3) is 0 Å². The van der Waals surface area contributed by atoms with Crippen molar-refractivity contribution >= 4 is 5.97 Å². The summed E-state index contributed by atoms with van der Waals surface area (Å²) in [7, 11) is 1.37. The van der Waals surface area contributed by atoms with Crippen molar-refractivity contribution in [3.05, 3.63) is 34.9 Å². The second kappa shape index (κ2) is 5.94. The van der Waals surface area contributed by atoms with E-state index in [4.69, 9.17) is 10.5 Å². The third-order valence-corrected chi connectivity index (χ3v) is 2.14. The highest BCUT2D eigenvalue weighted by Gasteiger charge is 2.08. The van der Waals surface area contributed by atoms with Crippen LogP contribution in [-0.4, -0.2) is 19.6 Å². The Morgan fingerprint density at radius 1 is 1.50 bits per heavy atom. The summed E-state index contributed by atoms with van der Waals surface area (Å²) in [4.78, 5) is 11.4. The van der Waals surface area contributed by atoms with Gasteiger partial charge < -0.3 is 10.5 Å². The first kappa shape index (κ1) is 12.3. The maximum absolute atomic E-state index is 11.4. The Balaban J connectivity index is 2.99. The first-order chi connectivity index (χ1) is 7.69. The fourth-order valence-electron chi connectivity index (χ4n) is 1.27. The van der Waals surface area contributed by atoms with Gasteiger partial charge in [0.05, 0.1) is 12.7 Å². The number of ether oxygens (including phenoxy) is 1. The van der Waals surface area contributed by atoms with Gasteiger partial charge in [0.1, 0.15) is 0 Å². The molecule has 0 aromatic heterocycles. The molecule has 3 heteroatoms. The van der Waals surface area contributed by atoms with Crippen molar-refractivity contribution in [3.63, 3.8) is 0 Å². The molecule has 0 aliphatic rings. The largest absolute Gasteiger partial charge is 0.465 e. The molecule has 3 nitrogen and oxygen atoms in total. The van der Waals surface area contributed by atoms with Gasteiger partial charge in [0, 0.05) is 18.5 Å². The molecule has 0 fully saturated rings. The normalized spacial score (nSPS) is 9.19. The fraction of sp³-hybridized carbons (Fsp3) is 0.308. The summed E-state index contributed by atoms with van der Waals surface area (Å²) in [5.74, 6) is 5.55. The van der Waals surface area contributed by atoms with Crippen LogP contribution in [0.5, 0.6) is 0 Å². The van der Waals surface area contributed by atoms with Gasteiger partial charge in [-0.2, -0.15) is 0 Å². The van der Waals surface area contributed by atoms with Crippen LogP contribution in [0.15, 0.2) is 18.2 Å². The number of nitrogens with two attached hydrogens (primary N) is 1. The van der Waals surface area contributed by atoms with Crippen molar-refractivity contribution in [3.8, 4) is 11.8 Å². The van der Waals surface area contributed by atoms with Crippen molar-refractivity contribution in [2.45, 2.75) is 13.3 Å². The molecule has 1 aromatic carbocycles. The lowest BCUT2D eigenvalue weighted by molar-refractivity contribution is 0.0600. The number of benzene rings is 1. The Bertz CT molecular complexity index is 441. The van der Waals surface area contributed by atoms with Crippen molar-refractivity contribution < 1.29 is 9.53 Å². The van der Waals surface area contributed by atoms with E-state index in [1.54, 1.807) is 6.07 Å². The smallest absolute Gasteiger partial charge is 0.338 e. The van der Waals surface area contributed by atoms with E-state index in [1.165, 1.54) is 7.11 Å². The molecule has 84 valence electrons. The SMILES string of the molecule is COC(=O)c1cc(C#CCCN)ccc1C. The third kappa shape index (κ3) is 3.11. The minimum absolute atomic E-state index is 0.333. The van der Waals surface area contributed by atoms with Gasteiger partial charge in [0.15, 0.2) is 0 Å². The molecule has 1 aromatic rings. The van der Waals surface area contributed by atoms with E-state index >= 15 is 0 Å². The summed E-state index contributed by atoms with van der Waals surface area (Å²) in [5, 5.41) is 0. The molecule has 0 saturated carbocycles. The summed E-state index contributed by atoms with van der Waals surface area (Å²) in [6, 6.07) is 5.48. The van der Waals surface area contributed by atoms with Crippen LogP contribution in [0.25, 0.3) is 0 Å². The summed E-state index contributed by atoms with van der Waals surface area (Å²) in [6.45, 7) is 2.41. The number of carbonyl (C=O) groups excluding carboxylic acids is 1. The first-order valence-corrected chi connectivity index (χ1v) is 5.07. The van der Waals surface area contributed by atoms with Crippen LogP contribution < -0.4 is 5.73 Å². The zero-order valence-electron chi connectivity index (χ0n) is 9.54. The molecular formula is C13H15NO2. The first-order valence-electron chi connectivity index (χ1n) is 5.07. The molecule has 0 radical (unpaired) electrons. The van der Waals surface area contributed by atoms with Crippen LogP contribution in [0.2, 0.25) is 0 Å². The van der Waals surface area contributed by atoms with Crippen LogP contribution in [0.4, 0.5) is 0 Å². The quantitative estimate of drug-likeness (QED) is 0.603. The minimum atomic E-state index is -0.333. The van der Waals surface area contributed by atoms with Crippen LogP contribution in [-0.2, 0) is 4.74 Å². The number of methoxy groups -OCH3 is 1. The number of esters is 1. The predicted molar refractivity (Wildman–Crippen MR) is 63.1 cm³/mol. The van der Waals surface area contributed by atoms with E-state index in [0.29, 0.717) is 18.5 Å². The highest BCUT2D eigenvalue weighted by molar-refractivity contribution is 5.91. The molecule has 0 saturated heterocycles.